The van der Waals surface area contributed by atoms with Crippen LogP contribution in [0.2, 0.25) is 0 Å². The van der Waals surface area contributed by atoms with Crippen LogP contribution in [0.3, 0.4) is 0 Å². The molecule has 0 amide bonds. The van der Waals surface area contributed by atoms with E-state index in [0.717, 1.165) is 19.3 Å². The minimum atomic E-state index is 0.335. The predicted molar refractivity (Wildman–Crippen MR) is 67.3 cm³/mol. The lowest BCUT2D eigenvalue weighted by molar-refractivity contribution is -0.123. The molecule has 3 heteroatoms. The van der Waals surface area contributed by atoms with Crippen molar-refractivity contribution in [2.45, 2.75) is 45.4 Å². The Morgan fingerprint density at radius 2 is 2.38 bits per heavy atom. The van der Waals surface area contributed by atoms with E-state index >= 15 is 0 Å². The van der Waals surface area contributed by atoms with Gasteiger partial charge in [0.05, 0.1) is 0 Å². The second kappa shape index (κ2) is 5.59. The summed E-state index contributed by atoms with van der Waals surface area (Å²) in [6.07, 6.45) is 6.53. The number of Topliss-reactive ketones (excluding diaryl/α,β-unsaturated/α-hetero) is 1. The van der Waals surface area contributed by atoms with Crippen LogP contribution in [0.5, 0.6) is 0 Å². The number of carbonyl (C=O) groups excluding carboxylic acids is 1. The van der Waals surface area contributed by atoms with Crippen LogP contribution in [-0.2, 0) is 4.79 Å². The molecule has 1 nitrogen and oxygen atoms in total. The van der Waals surface area contributed by atoms with Crippen LogP contribution in [0.15, 0.2) is 0 Å². The van der Waals surface area contributed by atoms with Crippen LogP contribution in [0.25, 0.3) is 0 Å². The Hall–Kier alpha value is 0.750. The molecule has 1 rings (SSSR count). The highest BCUT2D eigenvalue weighted by molar-refractivity contribution is 14.2. The fraction of sp³-hybridized carbons (Fsp3) is 0.900. The first-order valence-electron chi connectivity index (χ1n) is 4.91. The molecule has 0 saturated heterocycles. The zero-order chi connectivity index (χ0) is 9.73. The van der Waals surface area contributed by atoms with Crippen molar-refractivity contribution in [2.75, 3.05) is 5.75 Å². The van der Waals surface area contributed by atoms with Crippen LogP contribution in [0, 0.1) is 5.41 Å². The van der Waals surface area contributed by atoms with Crippen LogP contribution in [0.1, 0.15) is 45.4 Å². The fourth-order valence-corrected chi connectivity index (χ4v) is 3.32. The van der Waals surface area contributed by atoms with E-state index in [2.05, 4.69) is 28.1 Å². The van der Waals surface area contributed by atoms with E-state index in [9.17, 15) is 4.79 Å². The van der Waals surface area contributed by atoms with Gasteiger partial charge in [0.1, 0.15) is 5.78 Å². The number of halogens is 1. The number of hydrogen-bond donors (Lipinski definition) is 0. The average molecular weight is 312 g/mol. The Balaban J connectivity index is 2.31. The molecule has 0 heterocycles. The van der Waals surface area contributed by atoms with Gasteiger partial charge in [-0.1, -0.05) is 15.9 Å². The molecule has 0 radical (unpaired) electrons. The Kier molecular flexibility index (Phi) is 5.08. The molecule has 0 unspecified atom stereocenters. The minimum absolute atomic E-state index is 0.335. The van der Waals surface area contributed by atoms with Crippen molar-refractivity contribution in [1.29, 1.82) is 0 Å². The van der Waals surface area contributed by atoms with Gasteiger partial charge in [0.2, 0.25) is 0 Å². The maximum Gasteiger partial charge on any atom is 0.133 e. The summed E-state index contributed by atoms with van der Waals surface area (Å²) < 4.78 is 0. The van der Waals surface area contributed by atoms with Gasteiger partial charge in [-0.3, -0.25) is 4.79 Å². The molecule has 0 aromatic rings. The van der Waals surface area contributed by atoms with E-state index in [1.165, 1.54) is 25.0 Å². The summed E-state index contributed by atoms with van der Waals surface area (Å²) in [5.41, 5.74) is 0.335. The zero-order valence-electron chi connectivity index (χ0n) is 8.14. The van der Waals surface area contributed by atoms with Crippen molar-refractivity contribution < 1.29 is 4.79 Å². The van der Waals surface area contributed by atoms with Gasteiger partial charge in [0.25, 0.3) is 0 Å². The van der Waals surface area contributed by atoms with E-state index in [0.29, 0.717) is 11.2 Å². The maximum absolute atomic E-state index is 11.3. The number of rotatable bonds is 4. The van der Waals surface area contributed by atoms with E-state index in [4.69, 9.17) is 0 Å². The van der Waals surface area contributed by atoms with Crippen molar-refractivity contribution in [1.82, 2.24) is 0 Å². The summed E-state index contributed by atoms with van der Waals surface area (Å²) >= 11 is 2.34. The third-order valence-electron chi connectivity index (χ3n) is 2.86. The SMILES string of the molecule is C[C@@]1(CCCSI)CCCC(=O)C1. The van der Waals surface area contributed by atoms with Gasteiger partial charge in [-0.05, 0) is 52.3 Å². The quantitative estimate of drug-likeness (QED) is 0.576. The normalized spacial score (nSPS) is 29.2. The fourth-order valence-electron chi connectivity index (χ4n) is 2.13. The summed E-state index contributed by atoms with van der Waals surface area (Å²) in [4.78, 5) is 11.3. The van der Waals surface area contributed by atoms with Crippen molar-refractivity contribution in [3.63, 3.8) is 0 Å². The maximum atomic E-state index is 11.3. The van der Waals surface area contributed by atoms with Crippen molar-refractivity contribution in [3.8, 4) is 0 Å². The van der Waals surface area contributed by atoms with Gasteiger partial charge in [0, 0.05) is 18.6 Å². The highest BCUT2D eigenvalue weighted by Crippen LogP contribution is 2.38. The molecule has 76 valence electrons. The van der Waals surface area contributed by atoms with Crippen molar-refractivity contribution >= 4 is 35.9 Å². The zero-order valence-corrected chi connectivity index (χ0v) is 11.1. The molecule has 0 aromatic heterocycles. The van der Waals surface area contributed by atoms with Crippen LogP contribution in [-0.4, -0.2) is 11.5 Å². The summed E-state index contributed by atoms with van der Waals surface area (Å²) in [7, 11) is 1.87. The standard InChI is InChI=1S/C10H17IOS/c1-10(6-3-7-13-11)5-2-4-9(12)8-10/h2-8H2,1H3/t10-/m0/s1. The van der Waals surface area contributed by atoms with Crippen molar-refractivity contribution in [3.05, 3.63) is 0 Å². The molecular formula is C10H17IOS. The summed E-state index contributed by atoms with van der Waals surface area (Å²) in [6, 6.07) is 0. The molecule has 0 N–H and O–H groups in total. The number of carbonyl (C=O) groups is 1. The second-order valence-corrected chi connectivity index (χ2v) is 6.79. The predicted octanol–water partition coefficient (Wildman–Crippen LogP) is 4.00. The lowest BCUT2D eigenvalue weighted by atomic mass is 9.72. The first-order chi connectivity index (χ1) is 6.16. The van der Waals surface area contributed by atoms with E-state index in [-0.39, 0.29) is 0 Å². The van der Waals surface area contributed by atoms with Gasteiger partial charge in [-0.2, -0.15) is 0 Å². The summed E-state index contributed by atoms with van der Waals surface area (Å²) in [5, 5.41) is 0. The van der Waals surface area contributed by atoms with Gasteiger partial charge in [-0.25, -0.2) is 0 Å². The van der Waals surface area contributed by atoms with Gasteiger partial charge in [-0.15, -0.1) is 0 Å². The molecular weight excluding hydrogens is 295 g/mol. The van der Waals surface area contributed by atoms with E-state index < -0.39 is 0 Å². The molecule has 1 saturated carbocycles. The lowest BCUT2D eigenvalue weighted by Crippen LogP contribution is -2.25. The monoisotopic (exact) mass is 312 g/mol. The third-order valence-corrected chi connectivity index (χ3v) is 4.63. The molecule has 0 aliphatic heterocycles. The first kappa shape index (κ1) is 11.8. The molecule has 13 heavy (non-hydrogen) atoms. The Morgan fingerprint density at radius 3 is 3.00 bits per heavy atom. The summed E-state index contributed by atoms with van der Waals surface area (Å²) in [6.45, 7) is 2.28. The number of hydrogen-bond acceptors (Lipinski definition) is 2. The molecule has 0 aromatic carbocycles. The summed E-state index contributed by atoms with van der Waals surface area (Å²) in [5.74, 6) is 1.71. The molecule has 1 fully saturated rings. The molecule has 1 atom stereocenters. The topological polar surface area (TPSA) is 17.1 Å². The van der Waals surface area contributed by atoms with Gasteiger partial charge >= 0.3 is 0 Å². The molecule has 0 bridgehead atoms. The Labute approximate surface area is 97.0 Å². The molecule has 1 aliphatic rings. The lowest BCUT2D eigenvalue weighted by Gasteiger charge is -2.32. The van der Waals surface area contributed by atoms with Gasteiger partial charge < -0.3 is 0 Å². The van der Waals surface area contributed by atoms with Gasteiger partial charge in [0.15, 0.2) is 0 Å². The van der Waals surface area contributed by atoms with E-state index in [1.807, 2.05) is 8.93 Å². The van der Waals surface area contributed by atoms with Crippen LogP contribution in [0.4, 0.5) is 0 Å². The molecule has 0 spiro atoms. The third kappa shape index (κ3) is 4.19. The largest absolute Gasteiger partial charge is 0.300 e. The second-order valence-electron chi connectivity index (χ2n) is 4.30. The highest BCUT2D eigenvalue weighted by atomic mass is 127. The van der Waals surface area contributed by atoms with Crippen molar-refractivity contribution in [2.24, 2.45) is 5.41 Å². The first-order valence-corrected chi connectivity index (χ1v) is 8.44. The van der Waals surface area contributed by atoms with Crippen LogP contribution >= 0.6 is 30.1 Å². The Morgan fingerprint density at radius 1 is 1.62 bits per heavy atom. The highest BCUT2D eigenvalue weighted by Gasteiger charge is 2.30. The average Bonchev–Trinajstić information content (AvgIpc) is 2.04. The number of ketones is 1. The van der Waals surface area contributed by atoms with E-state index in [1.54, 1.807) is 0 Å². The molecule has 1 aliphatic carbocycles. The smallest absolute Gasteiger partial charge is 0.133 e. The Bertz CT molecular complexity index is 184. The minimum Gasteiger partial charge on any atom is -0.300 e. The van der Waals surface area contributed by atoms with Crippen LogP contribution < -0.4 is 0 Å².